The molecule has 0 aliphatic carbocycles. The van der Waals surface area contributed by atoms with Crippen molar-refractivity contribution in [2.24, 2.45) is 5.92 Å². The predicted molar refractivity (Wildman–Crippen MR) is 96.0 cm³/mol. The zero-order chi connectivity index (χ0) is 17.5. The van der Waals surface area contributed by atoms with E-state index in [1.165, 1.54) is 0 Å². The van der Waals surface area contributed by atoms with Crippen molar-refractivity contribution < 1.29 is 14.3 Å². The van der Waals surface area contributed by atoms with Crippen LogP contribution in [0, 0.1) is 5.92 Å². The highest BCUT2D eigenvalue weighted by Gasteiger charge is 2.21. The van der Waals surface area contributed by atoms with Gasteiger partial charge < -0.3 is 14.8 Å². The molecule has 1 aromatic carbocycles. The molecule has 1 aliphatic rings. The lowest BCUT2D eigenvalue weighted by atomic mass is 10.2. The van der Waals surface area contributed by atoms with E-state index in [9.17, 15) is 4.79 Å². The Morgan fingerprint density at radius 1 is 1.42 bits per heavy atom. The number of benzene rings is 1. The number of morpholine rings is 1. The molecule has 7 heteroatoms. The van der Waals surface area contributed by atoms with E-state index in [4.69, 9.17) is 32.7 Å². The van der Waals surface area contributed by atoms with Crippen LogP contribution >= 0.6 is 23.2 Å². The summed E-state index contributed by atoms with van der Waals surface area (Å²) in [5, 5.41) is 3.70. The molecule has 1 N–H and O–H groups in total. The highest BCUT2D eigenvalue weighted by atomic mass is 35.5. The second-order valence-electron chi connectivity index (χ2n) is 6.31. The van der Waals surface area contributed by atoms with Crippen LogP contribution in [0.1, 0.15) is 13.8 Å². The molecule has 2 rings (SSSR count). The maximum absolute atomic E-state index is 11.9. The Bertz CT molecular complexity index is 555. The molecule has 1 aromatic rings. The molecule has 0 bridgehead atoms. The molecule has 0 spiro atoms. The first-order valence-corrected chi connectivity index (χ1v) is 8.88. The minimum absolute atomic E-state index is 0.0198. The smallest absolute Gasteiger partial charge is 0.258 e. The van der Waals surface area contributed by atoms with Crippen molar-refractivity contribution in [3.63, 3.8) is 0 Å². The van der Waals surface area contributed by atoms with Crippen LogP contribution in [0.4, 0.5) is 0 Å². The lowest BCUT2D eigenvalue weighted by molar-refractivity contribution is -0.124. The monoisotopic (exact) mass is 374 g/mol. The van der Waals surface area contributed by atoms with Gasteiger partial charge in [0.15, 0.2) is 6.61 Å². The average molecular weight is 375 g/mol. The van der Waals surface area contributed by atoms with Gasteiger partial charge in [-0.3, -0.25) is 9.69 Å². The summed E-state index contributed by atoms with van der Waals surface area (Å²) in [6.07, 6.45) is 0.0198. The van der Waals surface area contributed by atoms with E-state index in [2.05, 4.69) is 24.1 Å². The first-order valence-electron chi connectivity index (χ1n) is 8.12. The van der Waals surface area contributed by atoms with E-state index in [0.717, 1.165) is 19.6 Å². The van der Waals surface area contributed by atoms with E-state index < -0.39 is 0 Å². The molecule has 1 atom stereocenters. The van der Waals surface area contributed by atoms with E-state index in [-0.39, 0.29) is 18.6 Å². The minimum atomic E-state index is -0.189. The highest BCUT2D eigenvalue weighted by molar-refractivity contribution is 6.42. The molecular weight excluding hydrogens is 351 g/mol. The van der Waals surface area contributed by atoms with Crippen molar-refractivity contribution in [2.75, 3.05) is 39.4 Å². The van der Waals surface area contributed by atoms with Gasteiger partial charge in [0.05, 0.1) is 22.8 Å². The molecule has 1 fully saturated rings. The van der Waals surface area contributed by atoms with Crippen LogP contribution < -0.4 is 10.1 Å². The number of amides is 1. The van der Waals surface area contributed by atoms with Gasteiger partial charge >= 0.3 is 0 Å². The van der Waals surface area contributed by atoms with Gasteiger partial charge in [0.1, 0.15) is 5.75 Å². The van der Waals surface area contributed by atoms with E-state index in [1.807, 2.05) is 0 Å². The number of ether oxygens (including phenoxy) is 2. The summed E-state index contributed by atoms with van der Waals surface area (Å²) in [7, 11) is 0. The normalized spacial score (nSPS) is 18.6. The van der Waals surface area contributed by atoms with E-state index in [1.54, 1.807) is 18.2 Å². The van der Waals surface area contributed by atoms with Gasteiger partial charge in [0, 0.05) is 32.2 Å². The minimum Gasteiger partial charge on any atom is -0.484 e. The molecule has 5 nitrogen and oxygen atoms in total. The van der Waals surface area contributed by atoms with Gasteiger partial charge in [-0.1, -0.05) is 37.0 Å². The molecule has 0 aromatic heterocycles. The van der Waals surface area contributed by atoms with Crippen LogP contribution in [0.3, 0.4) is 0 Å². The van der Waals surface area contributed by atoms with Crippen molar-refractivity contribution in [1.82, 2.24) is 10.2 Å². The SMILES string of the molecule is CC(C)CN1CCO[C@H](CNC(=O)COc2ccc(Cl)c(Cl)c2)C1. The molecule has 0 radical (unpaired) electrons. The summed E-state index contributed by atoms with van der Waals surface area (Å²) in [6, 6.07) is 4.90. The first kappa shape index (κ1) is 19.3. The Labute approximate surface area is 153 Å². The number of halogens is 2. The van der Waals surface area contributed by atoms with Gasteiger partial charge in [-0.05, 0) is 18.1 Å². The molecule has 1 saturated heterocycles. The summed E-state index contributed by atoms with van der Waals surface area (Å²) < 4.78 is 11.1. The van der Waals surface area contributed by atoms with Gasteiger partial charge in [0.25, 0.3) is 5.91 Å². The first-order chi connectivity index (χ1) is 11.4. The fraction of sp³-hybridized carbons (Fsp3) is 0.588. The van der Waals surface area contributed by atoms with Gasteiger partial charge in [0.2, 0.25) is 0 Å². The Morgan fingerprint density at radius 2 is 2.21 bits per heavy atom. The summed E-state index contributed by atoms with van der Waals surface area (Å²) in [5.41, 5.74) is 0. The molecule has 0 saturated carbocycles. The Morgan fingerprint density at radius 3 is 2.92 bits per heavy atom. The van der Waals surface area contributed by atoms with Crippen molar-refractivity contribution in [1.29, 1.82) is 0 Å². The average Bonchev–Trinajstić information content (AvgIpc) is 2.54. The van der Waals surface area contributed by atoms with Crippen LogP contribution in [0.15, 0.2) is 18.2 Å². The molecule has 134 valence electrons. The zero-order valence-electron chi connectivity index (χ0n) is 14.1. The van der Waals surface area contributed by atoms with Crippen LogP contribution in [0.2, 0.25) is 10.0 Å². The second kappa shape index (κ2) is 9.47. The lowest BCUT2D eigenvalue weighted by Crippen LogP contribution is -2.48. The van der Waals surface area contributed by atoms with Crippen molar-refractivity contribution >= 4 is 29.1 Å². The topological polar surface area (TPSA) is 50.8 Å². The van der Waals surface area contributed by atoms with Crippen LogP contribution in [0.5, 0.6) is 5.75 Å². The quantitative estimate of drug-likeness (QED) is 0.796. The number of rotatable bonds is 7. The second-order valence-corrected chi connectivity index (χ2v) is 7.13. The molecule has 0 unspecified atom stereocenters. The number of nitrogens with zero attached hydrogens (tertiary/aromatic N) is 1. The third-order valence-corrected chi connectivity index (χ3v) is 4.37. The van der Waals surface area contributed by atoms with Gasteiger partial charge in [-0.15, -0.1) is 0 Å². The summed E-state index contributed by atoms with van der Waals surface area (Å²) >= 11 is 11.7. The van der Waals surface area contributed by atoms with Crippen molar-refractivity contribution in [3.05, 3.63) is 28.2 Å². The number of carbonyl (C=O) groups is 1. The fourth-order valence-electron chi connectivity index (χ4n) is 2.58. The maximum atomic E-state index is 11.9. The van der Waals surface area contributed by atoms with E-state index >= 15 is 0 Å². The number of nitrogens with one attached hydrogen (secondary N) is 1. The van der Waals surface area contributed by atoms with Crippen LogP contribution in [-0.2, 0) is 9.53 Å². The maximum Gasteiger partial charge on any atom is 0.258 e. The van der Waals surface area contributed by atoms with E-state index in [0.29, 0.717) is 34.9 Å². The standard InChI is InChI=1S/C17H24Cl2N2O3/c1-12(2)9-21-5-6-23-14(10-21)8-20-17(22)11-24-13-3-4-15(18)16(19)7-13/h3-4,7,12,14H,5-6,8-11H2,1-2H3,(H,20,22)/t14-/m1/s1. The van der Waals surface area contributed by atoms with Crippen LogP contribution in [-0.4, -0.2) is 56.3 Å². The fourth-order valence-corrected chi connectivity index (χ4v) is 2.87. The van der Waals surface area contributed by atoms with Gasteiger partial charge in [-0.2, -0.15) is 0 Å². The summed E-state index contributed by atoms with van der Waals surface area (Å²) in [4.78, 5) is 14.3. The van der Waals surface area contributed by atoms with Crippen molar-refractivity contribution in [3.8, 4) is 5.75 Å². The Kier molecular flexibility index (Phi) is 7.62. The summed E-state index contributed by atoms with van der Waals surface area (Å²) in [6.45, 7) is 8.36. The number of hydrogen-bond donors (Lipinski definition) is 1. The predicted octanol–water partition coefficient (Wildman–Crippen LogP) is 2.85. The van der Waals surface area contributed by atoms with Crippen LogP contribution in [0.25, 0.3) is 0 Å². The zero-order valence-corrected chi connectivity index (χ0v) is 15.6. The third-order valence-electron chi connectivity index (χ3n) is 3.63. The Balaban J connectivity index is 1.69. The largest absolute Gasteiger partial charge is 0.484 e. The number of carbonyl (C=O) groups excluding carboxylic acids is 1. The lowest BCUT2D eigenvalue weighted by Gasteiger charge is -2.33. The molecule has 24 heavy (non-hydrogen) atoms. The summed E-state index contributed by atoms with van der Waals surface area (Å²) in [5.74, 6) is 0.945. The molecular formula is C17H24Cl2N2O3. The molecule has 1 aliphatic heterocycles. The van der Waals surface area contributed by atoms with Crippen molar-refractivity contribution in [2.45, 2.75) is 20.0 Å². The molecule has 1 heterocycles. The number of hydrogen-bond acceptors (Lipinski definition) is 4. The highest BCUT2D eigenvalue weighted by Crippen LogP contribution is 2.26. The Hall–Kier alpha value is -1.01. The molecule has 1 amide bonds. The van der Waals surface area contributed by atoms with Gasteiger partial charge in [-0.25, -0.2) is 0 Å². The third kappa shape index (κ3) is 6.48.